The van der Waals surface area contributed by atoms with Crippen molar-refractivity contribution >= 4 is 23.4 Å². The second-order valence-electron chi connectivity index (χ2n) is 3.88. The highest BCUT2D eigenvalue weighted by atomic mass is 32.2. The Morgan fingerprint density at radius 2 is 2.29 bits per heavy atom. The zero-order valence-electron chi connectivity index (χ0n) is 9.77. The summed E-state index contributed by atoms with van der Waals surface area (Å²) in [5.41, 5.74) is 2.25. The first-order valence-electron chi connectivity index (χ1n) is 5.69. The fourth-order valence-electron chi connectivity index (χ4n) is 2.09. The zero-order valence-corrected chi connectivity index (χ0v) is 10.6. The third-order valence-electron chi connectivity index (χ3n) is 2.87. The van der Waals surface area contributed by atoms with E-state index in [1.807, 2.05) is 24.0 Å². The summed E-state index contributed by atoms with van der Waals surface area (Å²) in [5.74, 6) is 0.673. The third kappa shape index (κ3) is 2.45. The lowest BCUT2D eigenvalue weighted by Gasteiger charge is -2.28. The summed E-state index contributed by atoms with van der Waals surface area (Å²) >= 11 is 1.54. The molecule has 0 aromatic heterocycles. The lowest BCUT2D eigenvalue weighted by molar-refractivity contribution is -0.118. The van der Waals surface area contributed by atoms with E-state index in [1.165, 1.54) is 17.3 Å². The summed E-state index contributed by atoms with van der Waals surface area (Å²) in [7, 11) is 0. The first kappa shape index (κ1) is 12.0. The molecule has 0 saturated heterocycles. The smallest absolute Gasteiger partial charge is 0.227 e. The van der Waals surface area contributed by atoms with Gasteiger partial charge in [-0.25, -0.2) is 0 Å². The predicted molar refractivity (Wildman–Crippen MR) is 69.1 cm³/mol. The summed E-state index contributed by atoms with van der Waals surface area (Å²) in [6.45, 7) is 2.71. The van der Waals surface area contributed by atoms with Gasteiger partial charge >= 0.3 is 0 Å². The number of amides is 1. The maximum Gasteiger partial charge on any atom is 0.227 e. The number of carbonyl (C=O) groups excluding carboxylic acids is 1. The van der Waals surface area contributed by atoms with Gasteiger partial charge in [0, 0.05) is 23.5 Å². The van der Waals surface area contributed by atoms with E-state index in [-0.39, 0.29) is 5.91 Å². The largest absolute Gasteiger partial charge is 0.312 e. The molecule has 3 nitrogen and oxygen atoms in total. The zero-order chi connectivity index (χ0) is 12.3. The summed E-state index contributed by atoms with van der Waals surface area (Å²) in [6, 6.07) is 8.21. The molecule has 1 aliphatic rings. The van der Waals surface area contributed by atoms with E-state index in [9.17, 15) is 4.79 Å². The van der Waals surface area contributed by atoms with Crippen LogP contribution in [0.3, 0.4) is 0 Å². The first-order valence-corrected chi connectivity index (χ1v) is 6.68. The number of fused-ring (bicyclic) bond motifs is 1. The van der Waals surface area contributed by atoms with Crippen molar-refractivity contribution < 1.29 is 4.79 Å². The Morgan fingerprint density at radius 1 is 1.47 bits per heavy atom. The predicted octanol–water partition coefficient (Wildman–Crippen LogP) is 2.60. The molecule has 0 N–H and O–H groups in total. The van der Waals surface area contributed by atoms with Crippen LogP contribution in [-0.2, 0) is 11.2 Å². The fraction of sp³-hybridized carbons (Fsp3) is 0.385. The number of rotatable bonds is 3. The van der Waals surface area contributed by atoms with Crippen LogP contribution in [-0.4, -0.2) is 18.2 Å². The Labute approximate surface area is 105 Å². The molecule has 0 atom stereocenters. The van der Waals surface area contributed by atoms with Gasteiger partial charge in [0.05, 0.1) is 11.8 Å². The molecule has 0 unspecified atom stereocenters. The van der Waals surface area contributed by atoms with Crippen molar-refractivity contribution in [3.63, 3.8) is 0 Å². The SMILES string of the molecule is CCN1C(=O)CCc2cc(SCC#N)ccc21. The summed E-state index contributed by atoms with van der Waals surface area (Å²) in [5, 5.41) is 8.56. The third-order valence-corrected chi connectivity index (χ3v) is 3.73. The van der Waals surface area contributed by atoms with Gasteiger partial charge in [-0.15, -0.1) is 11.8 Å². The van der Waals surface area contributed by atoms with Crippen LogP contribution in [0.4, 0.5) is 5.69 Å². The number of aryl methyl sites for hydroxylation is 1. The van der Waals surface area contributed by atoms with Crippen molar-refractivity contribution in [2.75, 3.05) is 17.2 Å². The average Bonchev–Trinajstić information content (AvgIpc) is 2.36. The lowest BCUT2D eigenvalue weighted by atomic mass is 10.0. The van der Waals surface area contributed by atoms with Crippen molar-refractivity contribution in [1.82, 2.24) is 0 Å². The number of anilines is 1. The number of nitriles is 1. The highest BCUT2D eigenvalue weighted by Gasteiger charge is 2.22. The van der Waals surface area contributed by atoms with Crippen LogP contribution in [0.15, 0.2) is 23.1 Å². The van der Waals surface area contributed by atoms with Gasteiger partial charge in [-0.1, -0.05) is 0 Å². The second-order valence-corrected chi connectivity index (χ2v) is 4.92. The van der Waals surface area contributed by atoms with E-state index in [0.717, 1.165) is 23.5 Å². The molecule has 0 spiro atoms. The van der Waals surface area contributed by atoms with Gasteiger partial charge in [0.15, 0.2) is 0 Å². The molecular weight excluding hydrogens is 232 g/mol. The molecule has 0 fully saturated rings. The molecule has 1 aliphatic heterocycles. The van der Waals surface area contributed by atoms with Gasteiger partial charge in [-0.3, -0.25) is 4.79 Å². The molecule has 0 aliphatic carbocycles. The van der Waals surface area contributed by atoms with Crippen molar-refractivity contribution in [3.05, 3.63) is 23.8 Å². The Bertz CT molecular complexity index is 479. The van der Waals surface area contributed by atoms with Crippen LogP contribution in [0.5, 0.6) is 0 Å². The second kappa shape index (κ2) is 5.24. The van der Waals surface area contributed by atoms with E-state index in [4.69, 9.17) is 5.26 Å². The van der Waals surface area contributed by atoms with E-state index >= 15 is 0 Å². The molecule has 17 heavy (non-hydrogen) atoms. The number of benzene rings is 1. The molecular formula is C13H14N2OS. The molecule has 2 rings (SSSR count). The average molecular weight is 246 g/mol. The van der Waals surface area contributed by atoms with Crippen LogP contribution >= 0.6 is 11.8 Å². The highest BCUT2D eigenvalue weighted by Crippen LogP contribution is 2.31. The number of hydrogen-bond donors (Lipinski definition) is 0. The van der Waals surface area contributed by atoms with E-state index in [2.05, 4.69) is 12.1 Å². The van der Waals surface area contributed by atoms with Gasteiger partial charge in [-0.05, 0) is 37.1 Å². The van der Waals surface area contributed by atoms with E-state index in [0.29, 0.717) is 12.2 Å². The Hall–Kier alpha value is -1.47. The van der Waals surface area contributed by atoms with Crippen LogP contribution in [0, 0.1) is 11.3 Å². The topological polar surface area (TPSA) is 44.1 Å². The van der Waals surface area contributed by atoms with Crippen LogP contribution in [0.25, 0.3) is 0 Å². The summed E-state index contributed by atoms with van der Waals surface area (Å²) < 4.78 is 0. The Balaban J connectivity index is 2.28. The first-order chi connectivity index (χ1) is 8.26. The van der Waals surface area contributed by atoms with Gasteiger partial charge in [0.2, 0.25) is 5.91 Å². The summed E-state index contributed by atoms with van der Waals surface area (Å²) in [6.07, 6.45) is 1.40. The molecule has 88 valence electrons. The molecule has 1 aromatic rings. The van der Waals surface area contributed by atoms with Gasteiger partial charge in [-0.2, -0.15) is 5.26 Å². The normalized spacial score (nSPS) is 14.4. The van der Waals surface area contributed by atoms with Crippen LogP contribution in [0.1, 0.15) is 18.9 Å². The maximum absolute atomic E-state index is 11.7. The monoisotopic (exact) mass is 246 g/mol. The lowest BCUT2D eigenvalue weighted by Crippen LogP contribution is -2.34. The highest BCUT2D eigenvalue weighted by molar-refractivity contribution is 7.99. The minimum absolute atomic E-state index is 0.206. The van der Waals surface area contributed by atoms with Crippen LogP contribution < -0.4 is 4.90 Å². The number of thioether (sulfide) groups is 1. The van der Waals surface area contributed by atoms with Gasteiger partial charge < -0.3 is 4.90 Å². The quantitative estimate of drug-likeness (QED) is 0.770. The summed E-state index contributed by atoms with van der Waals surface area (Å²) in [4.78, 5) is 14.7. The van der Waals surface area contributed by atoms with E-state index < -0.39 is 0 Å². The minimum atomic E-state index is 0.206. The van der Waals surface area contributed by atoms with Crippen molar-refractivity contribution in [2.45, 2.75) is 24.7 Å². The van der Waals surface area contributed by atoms with Crippen molar-refractivity contribution in [1.29, 1.82) is 5.26 Å². The fourth-order valence-corrected chi connectivity index (χ4v) is 2.71. The molecule has 1 amide bonds. The molecule has 4 heteroatoms. The van der Waals surface area contributed by atoms with Gasteiger partial charge in [0.1, 0.15) is 0 Å². The molecule has 1 heterocycles. The molecule has 0 radical (unpaired) electrons. The number of hydrogen-bond acceptors (Lipinski definition) is 3. The molecule has 0 bridgehead atoms. The Morgan fingerprint density at radius 3 is 3.00 bits per heavy atom. The standard InChI is InChI=1S/C13H14N2OS/c1-2-15-12-5-4-11(17-8-7-14)9-10(12)3-6-13(15)16/h4-5,9H,2-3,6,8H2,1H3. The molecule has 1 aromatic carbocycles. The van der Waals surface area contributed by atoms with Crippen molar-refractivity contribution in [3.8, 4) is 6.07 Å². The van der Waals surface area contributed by atoms with Gasteiger partial charge in [0.25, 0.3) is 0 Å². The number of nitrogens with zero attached hydrogens (tertiary/aromatic N) is 2. The van der Waals surface area contributed by atoms with E-state index in [1.54, 1.807) is 0 Å². The van der Waals surface area contributed by atoms with Crippen molar-refractivity contribution in [2.24, 2.45) is 0 Å². The maximum atomic E-state index is 11.7. The van der Waals surface area contributed by atoms with Crippen LogP contribution in [0.2, 0.25) is 0 Å². The Kier molecular flexibility index (Phi) is 3.70. The number of carbonyl (C=O) groups is 1. The molecule has 0 saturated carbocycles. The minimum Gasteiger partial charge on any atom is -0.312 e.